The van der Waals surface area contributed by atoms with Gasteiger partial charge in [0.05, 0.1) is 0 Å². The zero-order valence-electron chi connectivity index (χ0n) is 11.8. The molecule has 1 saturated carbocycles. The van der Waals surface area contributed by atoms with Gasteiger partial charge in [0.1, 0.15) is 0 Å². The standard InChI is InChI=1S/C16H26N2/c1-14(2)18-13-16(9-5-3-4-6-10-16)15-7-11-17-12-8-15/h7-8,11-12,14,18H,3-6,9-10,13H2,1-2H3. The fraction of sp³-hybridized carbons (Fsp3) is 0.688. The maximum absolute atomic E-state index is 4.17. The predicted molar refractivity (Wildman–Crippen MR) is 76.8 cm³/mol. The first kappa shape index (κ1) is 13.5. The smallest absolute Gasteiger partial charge is 0.0270 e. The van der Waals surface area contributed by atoms with Crippen LogP contribution in [0.3, 0.4) is 0 Å². The molecule has 0 radical (unpaired) electrons. The minimum Gasteiger partial charge on any atom is -0.314 e. The lowest BCUT2D eigenvalue weighted by Gasteiger charge is -2.34. The molecule has 1 aliphatic carbocycles. The highest BCUT2D eigenvalue weighted by Gasteiger charge is 2.32. The maximum atomic E-state index is 4.17. The van der Waals surface area contributed by atoms with Crippen molar-refractivity contribution in [2.75, 3.05) is 6.54 Å². The molecule has 1 heterocycles. The molecule has 0 saturated heterocycles. The van der Waals surface area contributed by atoms with E-state index in [1.165, 1.54) is 44.1 Å². The van der Waals surface area contributed by atoms with Gasteiger partial charge in [-0.2, -0.15) is 0 Å². The lowest BCUT2D eigenvalue weighted by Crippen LogP contribution is -2.40. The average Bonchev–Trinajstić information content (AvgIpc) is 2.64. The van der Waals surface area contributed by atoms with Crippen molar-refractivity contribution in [2.24, 2.45) is 0 Å². The molecular formula is C16H26N2. The fourth-order valence-electron chi connectivity index (χ4n) is 3.08. The van der Waals surface area contributed by atoms with E-state index in [1.54, 1.807) is 0 Å². The Bertz CT molecular complexity index is 337. The van der Waals surface area contributed by atoms with Crippen LogP contribution in [0.25, 0.3) is 0 Å². The van der Waals surface area contributed by atoms with Crippen molar-refractivity contribution < 1.29 is 0 Å². The van der Waals surface area contributed by atoms with E-state index in [0.29, 0.717) is 11.5 Å². The van der Waals surface area contributed by atoms with Crippen molar-refractivity contribution >= 4 is 0 Å². The number of aromatic nitrogens is 1. The van der Waals surface area contributed by atoms with Crippen LogP contribution in [0.1, 0.15) is 57.9 Å². The quantitative estimate of drug-likeness (QED) is 0.820. The van der Waals surface area contributed by atoms with E-state index < -0.39 is 0 Å². The summed E-state index contributed by atoms with van der Waals surface area (Å²) < 4.78 is 0. The second kappa shape index (κ2) is 6.33. The molecule has 1 N–H and O–H groups in total. The molecule has 0 spiro atoms. The molecule has 100 valence electrons. The topological polar surface area (TPSA) is 24.9 Å². The van der Waals surface area contributed by atoms with Crippen LogP contribution in [-0.2, 0) is 5.41 Å². The summed E-state index contributed by atoms with van der Waals surface area (Å²) in [7, 11) is 0. The van der Waals surface area contributed by atoms with Gasteiger partial charge in [0.25, 0.3) is 0 Å². The van der Waals surface area contributed by atoms with Gasteiger partial charge in [-0.15, -0.1) is 0 Å². The van der Waals surface area contributed by atoms with Crippen LogP contribution >= 0.6 is 0 Å². The molecule has 0 atom stereocenters. The number of nitrogens with zero attached hydrogens (tertiary/aromatic N) is 1. The van der Waals surface area contributed by atoms with Crippen molar-refractivity contribution in [3.05, 3.63) is 30.1 Å². The summed E-state index contributed by atoms with van der Waals surface area (Å²) in [6.07, 6.45) is 12.0. The van der Waals surface area contributed by atoms with E-state index in [-0.39, 0.29) is 0 Å². The van der Waals surface area contributed by atoms with Gasteiger partial charge in [-0.3, -0.25) is 4.98 Å². The second-order valence-electron chi connectivity index (χ2n) is 5.97. The van der Waals surface area contributed by atoms with Crippen LogP contribution in [-0.4, -0.2) is 17.6 Å². The van der Waals surface area contributed by atoms with Gasteiger partial charge in [-0.1, -0.05) is 39.5 Å². The largest absolute Gasteiger partial charge is 0.314 e. The zero-order chi connectivity index (χ0) is 12.8. The first-order valence-electron chi connectivity index (χ1n) is 7.37. The van der Waals surface area contributed by atoms with E-state index in [4.69, 9.17) is 0 Å². The van der Waals surface area contributed by atoms with Crippen LogP contribution in [0.15, 0.2) is 24.5 Å². The predicted octanol–water partition coefficient (Wildman–Crippen LogP) is 3.67. The first-order valence-corrected chi connectivity index (χ1v) is 7.37. The molecule has 0 bridgehead atoms. The molecule has 18 heavy (non-hydrogen) atoms. The monoisotopic (exact) mass is 246 g/mol. The minimum absolute atomic E-state index is 0.337. The van der Waals surface area contributed by atoms with Crippen molar-refractivity contribution in [3.8, 4) is 0 Å². The molecule has 2 nitrogen and oxygen atoms in total. The van der Waals surface area contributed by atoms with Crippen molar-refractivity contribution in [1.82, 2.24) is 10.3 Å². The third-order valence-corrected chi connectivity index (χ3v) is 4.20. The van der Waals surface area contributed by atoms with Gasteiger partial charge in [-0.05, 0) is 30.5 Å². The van der Waals surface area contributed by atoms with Crippen LogP contribution in [0.2, 0.25) is 0 Å². The van der Waals surface area contributed by atoms with E-state index >= 15 is 0 Å². The molecule has 1 aliphatic rings. The maximum Gasteiger partial charge on any atom is 0.0270 e. The molecule has 1 aromatic rings. The van der Waals surface area contributed by atoms with Gasteiger partial charge in [0, 0.05) is 30.4 Å². The molecular weight excluding hydrogens is 220 g/mol. The highest BCUT2D eigenvalue weighted by Crippen LogP contribution is 2.37. The highest BCUT2D eigenvalue weighted by atomic mass is 14.9. The molecule has 2 rings (SSSR count). The normalized spacial score (nSPS) is 19.7. The van der Waals surface area contributed by atoms with E-state index in [9.17, 15) is 0 Å². The minimum atomic E-state index is 0.337. The van der Waals surface area contributed by atoms with Gasteiger partial charge in [0.2, 0.25) is 0 Å². The summed E-state index contributed by atoms with van der Waals surface area (Å²) in [5.74, 6) is 0. The number of nitrogens with one attached hydrogen (secondary N) is 1. The van der Waals surface area contributed by atoms with Gasteiger partial charge in [0.15, 0.2) is 0 Å². The van der Waals surface area contributed by atoms with Crippen LogP contribution in [0.5, 0.6) is 0 Å². The van der Waals surface area contributed by atoms with Gasteiger partial charge < -0.3 is 5.32 Å². The number of hydrogen-bond acceptors (Lipinski definition) is 2. The lowest BCUT2D eigenvalue weighted by molar-refractivity contribution is 0.335. The Morgan fingerprint density at radius 1 is 1.11 bits per heavy atom. The van der Waals surface area contributed by atoms with E-state index in [0.717, 1.165) is 6.54 Å². The third kappa shape index (κ3) is 3.32. The molecule has 0 amide bonds. The Morgan fingerprint density at radius 3 is 2.28 bits per heavy atom. The Kier molecular flexibility index (Phi) is 4.76. The van der Waals surface area contributed by atoms with Crippen LogP contribution < -0.4 is 5.32 Å². The lowest BCUT2D eigenvalue weighted by atomic mass is 9.74. The van der Waals surface area contributed by atoms with Crippen LogP contribution in [0.4, 0.5) is 0 Å². The van der Waals surface area contributed by atoms with E-state index in [1.807, 2.05) is 12.4 Å². The molecule has 1 fully saturated rings. The Labute approximate surface area is 111 Å². The first-order chi connectivity index (χ1) is 8.73. The van der Waals surface area contributed by atoms with Crippen molar-refractivity contribution in [1.29, 1.82) is 0 Å². The number of hydrogen-bond donors (Lipinski definition) is 1. The molecule has 2 heteroatoms. The molecule has 0 aromatic carbocycles. The SMILES string of the molecule is CC(C)NCC1(c2ccncc2)CCCCCC1. The fourth-order valence-corrected chi connectivity index (χ4v) is 3.08. The number of pyridine rings is 1. The average molecular weight is 246 g/mol. The van der Waals surface area contributed by atoms with E-state index in [2.05, 4.69) is 36.3 Å². The highest BCUT2D eigenvalue weighted by molar-refractivity contribution is 5.24. The molecule has 0 unspecified atom stereocenters. The number of rotatable bonds is 4. The van der Waals surface area contributed by atoms with Crippen molar-refractivity contribution in [2.45, 2.75) is 63.8 Å². The van der Waals surface area contributed by atoms with Crippen LogP contribution in [0, 0.1) is 0 Å². The summed E-state index contributed by atoms with van der Waals surface area (Å²) in [4.78, 5) is 4.17. The molecule has 1 aromatic heterocycles. The molecule has 0 aliphatic heterocycles. The van der Waals surface area contributed by atoms with Gasteiger partial charge in [-0.25, -0.2) is 0 Å². The Hall–Kier alpha value is -0.890. The summed E-state index contributed by atoms with van der Waals surface area (Å²) in [5, 5.41) is 3.66. The zero-order valence-corrected chi connectivity index (χ0v) is 11.8. The summed E-state index contributed by atoms with van der Waals surface area (Å²) >= 11 is 0. The summed E-state index contributed by atoms with van der Waals surface area (Å²) in [6.45, 7) is 5.57. The van der Waals surface area contributed by atoms with Gasteiger partial charge >= 0.3 is 0 Å². The second-order valence-corrected chi connectivity index (χ2v) is 5.97. The van der Waals surface area contributed by atoms with Crippen molar-refractivity contribution in [3.63, 3.8) is 0 Å². The summed E-state index contributed by atoms with van der Waals surface area (Å²) in [5.41, 5.74) is 1.82. The summed E-state index contributed by atoms with van der Waals surface area (Å²) in [6, 6.07) is 4.99. The Balaban J connectivity index is 2.20. The third-order valence-electron chi connectivity index (χ3n) is 4.20. The Morgan fingerprint density at radius 2 is 1.72 bits per heavy atom.